The second kappa shape index (κ2) is 5.47. The minimum Gasteiger partial charge on any atom is -0.444 e. The standard InChI is InChI=1S/C13H19F4NO3/c1-11(2,3)21-10(19)18-8(7-20-12(18,4)5)6-9(14)13(15,16)17/h6,8H,7H2,1-5H3/b9-6-/t8-/m1/s1. The lowest BCUT2D eigenvalue weighted by atomic mass is 10.2. The van der Waals surface area contributed by atoms with Crippen LogP contribution in [-0.4, -0.2) is 41.1 Å². The maximum Gasteiger partial charge on any atom is 0.442 e. The molecule has 0 radical (unpaired) electrons. The Morgan fingerprint density at radius 3 is 2.29 bits per heavy atom. The summed E-state index contributed by atoms with van der Waals surface area (Å²) in [6.07, 6.45) is -5.62. The number of allylic oxidation sites excluding steroid dienone is 1. The number of rotatable bonds is 1. The zero-order valence-corrected chi connectivity index (χ0v) is 12.5. The Labute approximate surface area is 120 Å². The van der Waals surface area contributed by atoms with E-state index in [2.05, 4.69) is 0 Å². The number of alkyl halides is 3. The van der Waals surface area contributed by atoms with Crippen molar-refractivity contribution in [3.05, 3.63) is 11.9 Å². The minimum absolute atomic E-state index is 0.240. The fraction of sp³-hybridized carbons (Fsp3) is 0.769. The van der Waals surface area contributed by atoms with Crippen LogP contribution in [0.1, 0.15) is 34.6 Å². The summed E-state index contributed by atoms with van der Waals surface area (Å²) in [7, 11) is 0. The van der Waals surface area contributed by atoms with Gasteiger partial charge in [-0.2, -0.15) is 13.2 Å². The van der Waals surface area contributed by atoms with Gasteiger partial charge in [0.25, 0.3) is 0 Å². The van der Waals surface area contributed by atoms with Crippen molar-refractivity contribution in [1.82, 2.24) is 4.90 Å². The molecule has 0 aliphatic carbocycles. The second-order valence-electron chi connectivity index (χ2n) is 6.19. The van der Waals surface area contributed by atoms with E-state index in [0.29, 0.717) is 6.08 Å². The highest BCUT2D eigenvalue weighted by molar-refractivity contribution is 5.70. The summed E-state index contributed by atoms with van der Waals surface area (Å²) in [6.45, 7) is 7.62. The van der Waals surface area contributed by atoms with Crippen molar-refractivity contribution in [3.8, 4) is 0 Å². The van der Waals surface area contributed by atoms with E-state index in [1.54, 1.807) is 20.8 Å². The highest BCUT2D eigenvalue weighted by Gasteiger charge is 2.46. The Balaban J connectivity index is 3.03. The van der Waals surface area contributed by atoms with Gasteiger partial charge in [0.15, 0.2) is 0 Å². The third-order valence-corrected chi connectivity index (χ3v) is 2.72. The fourth-order valence-corrected chi connectivity index (χ4v) is 1.89. The minimum atomic E-state index is -5.09. The first-order valence-corrected chi connectivity index (χ1v) is 6.35. The van der Waals surface area contributed by atoms with Gasteiger partial charge in [-0.25, -0.2) is 9.18 Å². The van der Waals surface area contributed by atoms with E-state index in [1.165, 1.54) is 13.8 Å². The van der Waals surface area contributed by atoms with Crippen LogP contribution in [0.2, 0.25) is 0 Å². The van der Waals surface area contributed by atoms with Gasteiger partial charge in [-0.15, -0.1) is 0 Å². The first-order chi connectivity index (χ1) is 9.24. The van der Waals surface area contributed by atoms with Crippen LogP contribution in [0.4, 0.5) is 22.4 Å². The molecule has 1 heterocycles. The van der Waals surface area contributed by atoms with Crippen molar-refractivity contribution in [3.63, 3.8) is 0 Å². The summed E-state index contributed by atoms with van der Waals surface area (Å²) in [5.41, 5.74) is -2.01. The van der Waals surface area contributed by atoms with Crippen LogP contribution in [0.3, 0.4) is 0 Å². The molecule has 0 bridgehead atoms. The lowest BCUT2D eigenvalue weighted by Crippen LogP contribution is -2.49. The van der Waals surface area contributed by atoms with Crippen molar-refractivity contribution >= 4 is 6.09 Å². The Hall–Kier alpha value is -1.31. The molecule has 0 aromatic carbocycles. The third-order valence-electron chi connectivity index (χ3n) is 2.72. The van der Waals surface area contributed by atoms with Crippen LogP contribution in [0.15, 0.2) is 11.9 Å². The molecule has 1 aliphatic heterocycles. The summed E-state index contributed by atoms with van der Waals surface area (Å²) >= 11 is 0. The molecule has 1 rings (SSSR count). The molecule has 0 saturated carbocycles. The molecule has 1 aliphatic rings. The molecule has 122 valence electrons. The molecule has 21 heavy (non-hydrogen) atoms. The fourth-order valence-electron chi connectivity index (χ4n) is 1.89. The molecule has 1 amide bonds. The molecule has 0 unspecified atom stereocenters. The molecule has 8 heteroatoms. The summed E-state index contributed by atoms with van der Waals surface area (Å²) < 4.78 is 60.3. The largest absolute Gasteiger partial charge is 0.444 e. The Morgan fingerprint density at radius 2 is 1.86 bits per heavy atom. The van der Waals surface area contributed by atoms with E-state index >= 15 is 0 Å². The van der Waals surface area contributed by atoms with E-state index in [1.807, 2.05) is 0 Å². The lowest BCUT2D eigenvalue weighted by molar-refractivity contribution is -0.109. The molecule has 4 nitrogen and oxygen atoms in total. The van der Waals surface area contributed by atoms with Gasteiger partial charge >= 0.3 is 12.3 Å². The maximum absolute atomic E-state index is 13.1. The molecule has 0 N–H and O–H groups in total. The van der Waals surface area contributed by atoms with E-state index in [4.69, 9.17) is 9.47 Å². The number of ether oxygens (including phenoxy) is 2. The number of amides is 1. The quantitative estimate of drug-likeness (QED) is 0.692. The summed E-state index contributed by atoms with van der Waals surface area (Å²) in [5, 5.41) is 0. The SMILES string of the molecule is CC(C)(C)OC(=O)N1[C@H](/C=C(\F)C(F)(F)F)COC1(C)C. The molecule has 1 saturated heterocycles. The first-order valence-electron chi connectivity index (χ1n) is 6.35. The van der Waals surface area contributed by atoms with Gasteiger partial charge in [0.1, 0.15) is 11.3 Å². The first kappa shape index (κ1) is 17.7. The van der Waals surface area contributed by atoms with Crippen LogP contribution in [0.5, 0.6) is 0 Å². The van der Waals surface area contributed by atoms with Gasteiger partial charge in [-0.05, 0) is 40.7 Å². The smallest absolute Gasteiger partial charge is 0.442 e. The normalized spacial score (nSPS) is 23.4. The molecule has 0 spiro atoms. The van der Waals surface area contributed by atoms with Crippen molar-refractivity contribution in [2.75, 3.05) is 6.61 Å². The van der Waals surface area contributed by atoms with Gasteiger partial charge < -0.3 is 9.47 Å². The Bertz CT molecular complexity index is 438. The van der Waals surface area contributed by atoms with Crippen molar-refractivity contribution in [2.45, 2.75) is 58.2 Å². The van der Waals surface area contributed by atoms with E-state index < -0.39 is 35.5 Å². The average Bonchev–Trinajstić information content (AvgIpc) is 2.49. The lowest BCUT2D eigenvalue weighted by Gasteiger charge is -2.34. The molecule has 0 aromatic rings. The number of nitrogens with zero attached hydrogens (tertiary/aromatic N) is 1. The monoisotopic (exact) mass is 313 g/mol. The average molecular weight is 313 g/mol. The van der Waals surface area contributed by atoms with E-state index in [0.717, 1.165) is 4.90 Å². The van der Waals surface area contributed by atoms with Gasteiger partial charge in [0, 0.05) is 0 Å². The Kier molecular flexibility index (Phi) is 4.62. The molecule has 1 fully saturated rings. The number of hydrogen-bond acceptors (Lipinski definition) is 3. The van der Waals surface area contributed by atoms with E-state index in [-0.39, 0.29) is 6.61 Å². The number of carbonyl (C=O) groups excluding carboxylic acids is 1. The zero-order valence-electron chi connectivity index (χ0n) is 12.5. The van der Waals surface area contributed by atoms with Gasteiger partial charge in [0.2, 0.25) is 5.83 Å². The van der Waals surface area contributed by atoms with Crippen molar-refractivity contribution < 1.29 is 31.8 Å². The highest BCUT2D eigenvalue weighted by Crippen LogP contribution is 2.33. The number of carbonyl (C=O) groups is 1. The van der Waals surface area contributed by atoms with Crippen LogP contribution in [0.25, 0.3) is 0 Å². The van der Waals surface area contributed by atoms with Crippen molar-refractivity contribution in [1.29, 1.82) is 0 Å². The highest BCUT2D eigenvalue weighted by atomic mass is 19.4. The predicted octanol–water partition coefficient (Wildman–Crippen LogP) is 3.77. The summed E-state index contributed by atoms with van der Waals surface area (Å²) in [4.78, 5) is 13.1. The van der Waals surface area contributed by atoms with Crippen LogP contribution >= 0.6 is 0 Å². The molecule has 0 aromatic heterocycles. The molecular formula is C13H19F4NO3. The van der Waals surface area contributed by atoms with Crippen LogP contribution in [-0.2, 0) is 9.47 Å². The second-order valence-corrected chi connectivity index (χ2v) is 6.19. The Morgan fingerprint density at radius 1 is 1.33 bits per heavy atom. The summed E-state index contributed by atoms with van der Waals surface area (Å²) in [5.74, 6) is -2.26. The predicted molar refractivity (Wildman–Crippen MR) is 67.1 cm³/mol. The van der Waals surface area contributed by atoms with Crippen molar-refractivity contribution in [2.24, 2.45) is 0 Å². The zero-order chi connectivity index (χ0) is 16.6. The van der Waals surface area contributed by atoms with Crippen LogP contribution in [0, 0.1) is 0 Å². The van der Waals surface area contributed by atoms with E-state index in [9.17, 15) is 22.4 Å². The number of halogens is 4. The van der Waals surface area contributed by atoms with Crippen LogP contribution < -0.4 is 0 Å². The maximum atomic E-state index is 13.1. The van der Waals surface area contributed by atoms with Gasteiger partial charge in [-0.1, -0.05) is 0 Å². The van der Waals surface area contributed by atoms with Gasteiger partial charge in [0.05, 0.1) is 12.6 Å². The third kappa shape index (κ3) is 4.59. The molecule has 1 atom stereocenters. The summed E-state index contributed by atoms with van der Waals surface area (Å²) in [6, 6.07) is -1.18. The van der Waals surface area contributed by atoms with Gasteiger partial charge in [-0.3, -0.25) is 4.90 Å². The number of hydrogen-bond donors (Lipinski definition) is 0. The topological polar surface area (TPSA) is 38.8 Å². The molecular weight excluding hydrogens is 294 g/mol.